The van der Waals surface area contributed by atoms with Crippen LogP contribution in [0.15, 0.2) is 59.5 Å². The largest absolute Gasteiger partial charge is 0.385 e. The lowest BCUT2D eigenvalue weighted by molar-refractivity contribution is -0.909. The lowest BCUT2D eigenvalue weighted by Crippen LogP contribution is -3.14. The van der Waals surface area contributed by atoms with Crippen LogP contribution in [0.1, 0.15) is 33.3 Å². The summed E-state index contributed by atoms with van der Waals surface area (Å²) in [4.78, 5) is 1.53. The first kappa shape index (κ1) is 24.4. The zero-order valence-electron chi connectivity index (χ0n) is 18.9. The van der Waals surface area contributed by atoms with E-state index in [1.165, 1.54) is 9.21 Å². The molecule has 0 saturated heterocycles. The minimum atomic E-state index is -3.78. The quantitative estimate of drug-likeness (QED) is 0.573. The first-order valence-corrected chi connectivity index (χ1v) is 12.2. The van der Waals surface area contributed by atoms with E-state index in [1.54, 1.807) is 42.5 Å². The smallest absolute Gasteiger partial charge is 0.264 e. The number of aryl methyl sites for hydroxylation is 1. The molecule has 0 heterocycles. The van der Waals surface area contributed by atoms with Crippen molar-refractivity contribution in [2.75, 3.05) is 30.5 Å². The van der Waals surface area contributed by atoms with Gasteiger partial charge in [0.1, 0.15) is 12.6 Å². The maximum absolute atomic E-state index is 13.4. The zero-order valence-corrected chi connectivity index (χ0v) is 19.7. The van der Waals surface area contributed by atoms with Gasteiger partial charge in [0.05, 0.1) is 30.2 Å². The van der Waals surface area contributed by atoms with Crippen LogP contribution in [0.4, 0.5) is 5.69 Å². The molecule has 1 atom stereocenters. The van der Waals surface area contributed by atoms with Crippen molar-refractivity contribution in [2.45, 2.75) is 45.6 Å². The number of rotatable bonds is 11. The fourth-order valence-electron chi connectivity index (χ4n) is 3.77. The van der Waals surface area contributed by atoms with Gasteiger partial charge in [0, 0.05) is 11.8 Å². The van der Waals surface area contributed by atoms with Crippen molar-refractivity contribution in [3.8, 4) is 0 Å². The number of sulfonamides is 1. The van der Waals surface area contributed by atoms with Crippen LogP contribution >= 0.6 is 0 Å². The van der Waals surface area contributed by atoms with Crippen LogP contribution in [0.2, 0.25) is 0 Å². The minimum Gasteiger partial charge on any atom is -0.385 e. The number of anilines is 1. The topological polar surface area (TPSA) is 62.1 Å². The molecule has 2 aromatic rings. The molecule has 0 aliphatic carbocycles. The van der Waals surface area contributed by atoms with Crippen molar-refractivity contribution >= 4 is 15.7 Å². The molecule has 0 unspecified atom stereocenters. The molecular weight excluding hydrogens is 396 g/mol. The Bertz CT molecular complexity index is 855. The Morgan fingerprint density at radius 2 is 1.40 bits per heavy atom. The maximum Gasteiger partial charge on any atom is 0.264 e. The van der Waals surface area contributed by atoms with E-state index in [2.05, 4.69) is 27.7 Å². The number of nitrogens with zero attached hydrogens (tertiary/aromatic N) is 1. The molecule has 6 heteroatoms. The van der Waals surface area contributed by atoms with Gasteiger partial charge in [0.2, 0.25) is 0 Å². The Labute approximate surface area is 182 Å². The maximum atomic E-state index is 13.4. The number of quaternary nitrogens is 1. The molecule has 0 aromatic heterocycles. The van der Waals surface area contributed by atoms with E-state index in [-0.39, 0.29) is 11.4 Å². The fourth-order valence-corrected chi connectivity index (χ4v) is 5.29. The molecule has 2 rings (SSSR count). The van der Waals surface area contributed by atoms with Crippen LogP contribution in [0.3, 0.4) is 0 Å². The molecule has 0 aliphatic heterocycles. The highest BCUT2D eigenvalue weighted by Gasteiger charge is 2.29. The average Bonchev–Trinajstić information content (AvgIpc) is 2.66. The minimum absolute atomic E-state index is 0.0278. The molecule has 5 nitrogen and oxygen atoms in total. The summed E-state index contributed by atoms with van der Waals surface area (Å²) in [6.45, 7) is 13.1. The monoisotopic (exact) mass is 433 g/mol. The number of hydrogen-bond acceptors (Lipinski definition) is 3. The molecule has 166 valence electrons. The van der Waals surface area contributed by atoms with Crippen molar-refractivity contribution in [2.24, 2.45) is 11.8 Å². The third-order valence-electron chi connectivity index (χ3n) is 4.95. The summed E-state index contributed by atoms with van der Waals surface area (Å²) in [5, 5.41) is 10.9. The van der Waals surface area contributed by atoms with Gasteiger partial charge in [-0.05, 0) is 31.2 Å². The Morgan fingerprint density at radius 1 is 0.867 bits per heavy atom. The molecule has 0 aliphatic rings. The number of benzene rings is 2. The van der Waals surface area contributed by atoms with Gasteiger partial charge >= 0.3 is 0 Å². The second-order valence-corrected chi connectivity index (χ2v) is 10.9. The van der Waals surface area contributed by atoms with E-state index >= 15 is 0 Å². The van der Waals surface area contributed by atoms with Crippen LogP contribution in [0, 0.1) is 18.8 Å². The lowest BCUT2D eigenvalue weighted by Gasteiger charge is -2.30. The van der Waals surface area contributed by atoms with Crippen LogP contribution in [0.5, 0.6) is 0 Å². The van der Waals surface area contributed by atoms with Crippen LogP contribution < -0.4 is 9.21 Å². The summed E-state index contributed by atoms with van der Waals surface area (Å²) in [7, 11) is -3.78. The molecular formula is C24H37N2O3S+. The molecule has 0 bridgehead atoms. The van der Waals surface area contributed by atoms with Gasteiger partial charge in [0.25, 0.3) is 10.0 Å². The van der Waals surface area contributed by atoms with E-state index in [0.29, 0.717) is 24.1 Å². The van der Waals surface area contributed by atoms with Gasteiger partial charge in [-0.15, -0.1) is 0 Å². The molecule has 0 fully saturated rings. The van der Waals surface area contributed by atoms with Crippen molar-refractivity contribution < 1.29 is 18.4 Å². The highest BCUT2D eigenvalue weighted by molar-refractivity contribution is 7.92. The molecule has 30 heavy (non-hydrogen) atoms. The van der Waals surface area contributed by atoms with E-state index in [0.717, 1.165) is 18.7 Å². The second kappa shape index (κ2) is 10.9. The Kier molecular flexibility index (Phi) is 8.89. The van der Waals surface area contributed by atoms with Gasteiger partial charge in [-0.2, -0.15) is 0 Å². The van der Waals surface area contributed by atoms with Gasteiger partial charge in [-0.1, -0.05) is 63.6 Å². The van der Waals surface area contributed by atoms with Gasteiger partial charge in [0.15, 0.2) is 0 Å². The second-order valence-electron chi connectivity index (χ2n) is 8.99. The molecule has 2 aromatic carbocycles. The number of hydrogen-bond donors (Lipinski definition) is 2. The summed E-state index contributed by atoms with van der Waals surface area (Å²) in [6.07, 6.45) is -0.766. The first-order valence-electron chi connectivity index (χ1n) is 10.8. The van der Waals surface area contributed by atoms with Gasteiger partial charge in [-0.3, -0.25) is 4.31 Å². The summed E-state index contributed by atoms with van der Waals surface area (Å²) in [6, 6.07) is 15.8. The Morgan fingerprint density at radius 3 is 1.90 bits per heavy atom. The summed E-state index contributed by atoms with van der Waals surface area (Å²) in [5.41, 5.74) is 1.62. The molecule has 0 saturated carbocycles. The summed E-state index contributed by atoms with van der Waals surface area (Å²) < 4.78 is 28.1. The van der Waals surface area contributed by atoms with E-state index < -0.39 is 16.1 Å². The van der Waals surface area contributed by atoms with E-state index in [1.807, 2.05) is 19.1 Å². The number of aliphatic hydroxyl groups excluding tert-OH is 1. The molecule has 0 radical (unpaired) electrons. The van der Waals surface area contributed by atoms with Gasteiger partial charge in [-0.25, -0.2) is 8.42 Å². The van der Waals surface area contributed by atoms with Gasteiger partial charge < -0.3 is 10.0 Å². The van der Waals surface area contributed by atoms with E-state index in [9.17, 15) is 13.5 Å². The van der Waals surface area contributed by atoms with Crippen molar-refractivity contribution in [3.05, 3.63) is 60.2 Å². The summed E-state index contributed by atoms with van der Waals surface area (Å²) >= 11 is 0. The number of aliphatic hydroxyl groups is 1. The summed E-state index contributed by atoms with van der Waals surface area (Å²) in [5.74, 6) is 1.01. The average molecular weight is 434 g/mol. The highest BCUT2D eigenvalue weighted by atomic mass is 32.2. The predicted molar refractivity (Wildman–Crippen MR) is 123 cm³/mol. The predicted octanol–water partition coefficient (Wildman–Crippen LogP) is 2.75. The highest BCUT2D eigenvalue weighted by Crippen LogP contribution is 2.24. The zero-order chi connectivity index (χ0) is 22.3. The standard InChI is InChI=1S/C24H36N2O3S/c1-19(2)15-25(16-20(3)4)17-23(27)18-26(22-13-11-21(5)12-14-22)30(28,29)24-9-7-6-8-10-24/h6-14,19-20,23,27H,15-18H2,1-5H3/p+1/t23-/m0/s1. The first-order chi connectivity index (χ1) is 14.1. The normalized spacial score (nSPS) is 13.2. The Hall–Kier alpha value is -1.89. The van der Waals surface area contributed by atoms with Crippen molar-refractivity contribution in [1.82, 2.24) is 0 Å². The van der Waals surface area contributed by atoms with Crippen molar-refractivity contribution in [1.29, 1.82) is 0 Å². The van der Waals surface area contributed by atoms with E-state index in [4.69, 9.17) is 0 Å². The van der Waals surface area contributed by atoms with Crippen LogP contribution in [0.25, 0.3) is 0 Å². The molecule has 0 spiro atoms. The number of nitrogens with one attached hydrogen (secondary N) is 1. The third kappa shape index (κ3) is 7.11. The molecule has 0 amide bonds. The van der Waals surface area contributed by atoms with Crippen LogP contribution in [-0.2, 0) is 10.0 Å². The van der Waals surface area contributed by atoms with Crippen molar-refractivity contribution in [3.63, 3.8) is 0 Å². The lowest BCUT2D eigenvalue weighted by atomic mass is 10.1. The Balaban J connectivity index is 2.29. The van der Waals surface area contributed by atoms with Crippen LogP contribution in [-0.4, -0.2) is 45.8 Å². The fraction of sp³-hybridized carbons (Fsp3) is 0.500. The molecule has 2 N–H and O–H groups in total. The SMILES string of the molecule is Cc1ccc(N(C[C@@H](O)C[NH+](CC(C)C)CC(C)C)S(=O)(=O)c2ccccc2)cc1. The third-order valence-corrected chi connectivity index (χ3v) is 6.76.